The average molecular weight is 197 g/mol. The van der Waals surface area contributed by atoms with E-state index in [1.54, 1.807) is 0 Å². The Balaban J connectivity index is -0.000000266. The second-order valence-electron chi connectivity index (χ2n) is 2.19. The Kier molecular flexibility index (Phi) is 24.3. The molecule has 0 rings (SSSR count). The number of hydrogen-bond acceptors (Lipinski definition) is 1. The summed E-state index contributed by atoms with van der Waals surface area (Å²) in [7, 11) is 0. The topological polar surface area (TPSA) is 12.4 Å². The van der Waals surface area contributed by atoms with E-state index in [4.69, 9.17) is 0 Å². The second kappa shape index (κ2) is 18.0. The Morgan fingerprint density at radius 1 is 1.14 bits per heavy atom. The van der Waals surface area contributed by atoms with Gasteiger partial charge in [-0.2, -0.15) is 0 Å². The number of hydrogen-bond donors (Lipinski definition) is 0. The Morgan fingerprint density at radius 3 is 1.86 bits per heavy atom. The molecule has 0 aromatic heterocycles. The van der Waals surface area contributed by atoms with E-state index < -0.39 is 0 Å². The van der Waals surface area contributed by atoms with Gasteiger partial charge in [-0.3, -0.25) is 4.99 Å². The van der Waals surface area contributed by atoms with E-state index >= 15 is 0 Å². The van der Waals surface area contributed by atoms with Crippen molar-refractivity contribution in [3.05, 3.63) is 23.9 Å². The van der Waals surface area contributed by atoms with Crippen molar-refractivity contribution in [2.45, 2.75) is 54.9 Å². The molecule has 0 amide bonds. The molecule has 14 heavy (non-hydrogen) atoms. The molecule has 0 aromatic rings. The van der Waals surface area contributed by atoms with Crippen LogP contribution in [0.1, 0.15) is 54.9 Å². The van der Waals surface area contributed by atoms with Crippen LogP contribution in [0.15, 0.2) is 28.9 Å². The van der Waals surface area contributed by atoms with Gasteiger partial charge in [-0.1, -0.05) is 47.3 Å². The SMILES string of the molecule is C=C/C(C)=C(/C)N=CCC.CC.CC. The molecule has 0 aliphatic rings. The van der Waals surface area contributed by atoms with Crippen LogP contribution >= 0.6 is 0 Å². The lowest BCUT2D eigenvalue weighted by Crippen LogP contribution is -1.77. The van der Waals surface area contributed by atoms with Crippen LogP contribution in [0.2, 0.25) is 0 Å². The van der Waals surface area contributed by atoms with Crippen LogP contribution in [0.5, 0.6) is 0 Å². The predicted octanol–water partition coefficient (Wildman–Crippen LogP) is 5.00. The first-order chi connectivity index (χ1) is 6.72. The van der Waals surface area contributed by atoms with Crippen molar-refractivity contribution in [1.82, 2.24) is 0 Å². The zero-order chi connectivity index (χ0) is 12.0. The van der Waals surface area contributed by atoms with Crippen LogP contribution in [0.25, 0.3) is 0 Å². The van der Waals surface area contributed by atoms with Gasteiger partial charge in [-0.25, -0.2) is 0 Å². The summed E-state index contributed by atoms with van der Waals surface area (Å²) in [6.07, 6.45) is 4.71. The van der Waals surface area contributed by atoms with Gasteiger partial charge >= 0.3 is 0 Å². The van der Waals surface area contributed by atoms with Gasteiger partial charge in [-0.05, 0) is 25.8 Å². The Morgan fingerprint density at radius 2 is 1.57 bits per heavy atom. The molecule has 0 bridgehead atoms. The normalized spacial score (nSPS) is 10.5. The molecule has 0 heterocycles. The summed E-state index contributed by atoms with van der Waals surface area (Å²) < 4.78 is 0. The molecule has 0 aliphatic carbocycles. The van der Waals surface area contributed by atoms with Gasteiger partial charge in [0.1, 0.15) is 0 Å². The van der Waals surface area contributed by atoms with E-state index in [9.17, 15) is 0 Å². The fourth-order valence-corrected chi connectivity index (χ4v) is 0.478. The van der Waals surface area contributed by atoms with E-state index in [1.807, 2.05) is 53.8 Å². The summed E-state index contributed by atoms with van der Waals surface area (Å²) in [4.78, 5) is 4.20. The average Bonchev–Trinajstić information content (AvgIpc) is 2.30. The summed E-state index contributed by atoms with van der Waals surface area (Å²) in [5.74, 6) is 0. The Labute approximate surface area is 90.6 Å². The summed E-state index contributed by atoms with van der Waals surface area (Å²) in [5, 5.41) is 0. The van der Waals surface area contributed by atoms with Crippen LogP contribution < -0.4 is 0 Å². The van der Waals surface area contributed by atoms with Crippen LogP contribution in [0.4, 0.5) is 0 Å². The van der Waals surface area contributed by atoms with Gasteiger partial charge in [0.2, 0.25) is 0 Å². The molecule has 0 radical (unpaired) electrons. The van der Waals surface area contributed by atoms with E-state index in [0.717, 1.165) is 17.7 Å². The van der Waals surface area contributed by atoms with Crippen LogP contribution in [-0.2, 0) is 0 Å². The molecule has 0 N–H and O–H groups in total. The third kappa shape index (κ3) is 13.7. The maximum atomic E-state index is 4.20. The minimum absolute atomic E-state index is 0.988. The summed E-state index contributed by atoms with van der Waals surface area (Å²) in [5.41, 5.74) is 2.20. The molecule has 0 spiro atoms. The molecular weight excluding hydrogens is 170 g/mol. The molecule has 1 nitrogen and oxygen atoms in total. The third-order valence-corrected chi connectivity index (χ3v) is 1.34. The molecular formula is C13H27N. The predicted molar refractivity (Wildman–Crippen MR) is 70.1 cm³/mol. The highest BCUT2D eigenvalue weighted by molar-refractivity contribution is 5.58. The van der Waals surface area contributed by atoms with Crippen LogP contribution in [-0.4, -0.2) is 6.21 Å². The smallest absolute Gasteiger partial charge is 0.0397 e. The monoisotopic (exact) mass is 197 g/mol. The molecule has 0 aromatic carbocycles. The van der Waals surface area contributed by atoms with Crippen LogP contribution in [0.3, 0.4) is 0 Å². The molecule has 0 saturated carbocycles. The molecule has 84 valence electrons. The highest BCUT2D eigenvalue weighted by Gasteiger charge is 1.85. The fourth-order valence-electron chi connectivity index (χ4n) is 0.478. The van der Waals surface area contributed by atoms with Crippen molar-refractivity contribution in [3.63, 3.8) is 0 Å². The van der Waals surface area contributed by atoms with Gasteiger partial charge in [0.15, 0.2) is 0 Å². The zero-order valence-corrected chi connectivity index (χ0v) is 11.0. The van der Waals surface area contributed by atoms with Gasteiger partial charge in [0.25, 0.3) is 0 Å². The van der Waals surface area contributed by atoms with Crippen molar-refractivity contribution < 1.29 is 0 Å². The van der Waals surface area contributed by atoms with Crippen LogP contribution in [0, 0.1) is 0 Å². The van der Waals surface area contributed by atoms with Crippen molar-refractivity contribution in [3.8, 4) is 0 Å². The van der Waals surface area contributed by atoms with Crippen molar-refractivity contribution in [1.29, 1.82) is 0 Å². The Hall–Kier alpha value is -0.850. The maximum absolute atomic E-state index is 4.20. The summed E-state index contributed by atoms with van der Waals surface area (Å²) in [6.45, 7) is 17.7. The lowest BCUT2D eigenvalue weighted by molar-refractivity contribution is 1.21. The fraction of sp³-hybridized carbons (Fsp3) is 0.615. The first kappa shape index (κ1) is 18.8. The third-order valence-electron chi connectivity index (χ3n) is 1.34. The van der Waals surface area contributed by atoms with Gasteiger partial charge in [0.05, 0.1) is 0 Å². The molecule has 0 saturated heterocycles. The Bertz CT molecular complexity index is 164. The number of nitrogens with zero attached hydrogens (tertiary/aromatic N) is 1. The molecule has 0 atom stereocenters. The molecule has 0 aliphatic heterocycles. The lowest BCUT2D eigenvalue weighted by atomic mass is 10.2. The summed E-state index contributed by atoms with van der Waals surface area (Å²) in [6, 6.07) is 0. The first-order valence-corrected chi connectivity index (χ1v) is 5.54. The highest BCUT2D eigenvalue weighted by Crippen LogP contribution is 2.03. The lowest BCUT2D eigenvalue weighted by Gasteiger charge is -1.94. The van der Waals surface area contributed by atoms with Crippen molar-refractivity contribution >= 4 is 6.21 Å². The van der Waals surface area contributed by atoms with E-state index in [2.05, 4.69) is 18.5 Å². The quantitative estimate of drug-likeness (QED) is 0.446. The minimum Gasteiger partial charge on any atom is -0.266 e. The highest BCUT2D eigenvalue weighted by atomic mass is 14.7. The van der Waals surface area contributed by atoms with E-state index in [-0.39, 0.29) is 0 Å². The van der Waals surface area contributed by atoms with Gasteiger partial charge < -0.3 is 0 Å². The minimum atomic E-state index is 0.988. The molecule has 1 heteroatoms. The first-order valence-electron chi connectivity index (χ1n) is 5.54. The number of aliphatic imine (C=N–C) groups is 1. The zero-order valence-electron chi connectivity index (χ0n) is 11.0. The van der Waals surface area contributed by atoms with Crippen molar-refractivity contribution in [2.75, 3.05) is 0 Å². The van der Waals surface area contributed by atoms with Gasteiger partial charge in [0, 0.05) is 11.9 Å². The number of rotatable bonds is 3. The van der Waals surface area contributed by atoms with E-state index in [1.165, 1.54) is 0 Å². The molecule has 0 fully saturated rings. The second-order valence-corrected chi connectivity index (χ2v) is 2.19. The molecule has 0 unspecified atom stereocenters. The van der Waals surface area contributed by atoms with Gasteiger partial charge in [-0.15, -0.1) is 0 Å². The maximum Gasteiger partial charge on any atom is 0.0397 e. The largest absolute Gasteiger partial charge is 0.266 e. The van der Waals surface area contributed by atoms with Crippen molar-refractivity contribution in [2.24, 2.45) is 4.99 Å². The summed E-state index contributed by atoms with van der Waals surface area (Å²) >= 11 is 0. The van der Waals surface area contributed by atoms with E-state index in [0.29, 0.717) is 0 Å². The standard InChI is InChI=1S/C9H15N.2C2H6/c1-5-7-10-9(4)8(3)6-2;2*1-2/h6-7H,2,5H2,1,3-4H3;2*1-2H3/b9-8-,10-7?;;. The number of allylic oxidation sites excluding steroid dienone is 3.